The van der Waals surface area contributed by atoms with Gasteiger partial charge in [-0.2, -0.15) is 18.3 Å². The Kier molecular flexibility index (Phi) is 5.10. The highest BCUT2D eigenvalue weighted by molar-refractivity contribution is 5.81. The predicted octanol–water partition coefficient (Wildman–Crippen LogP) is 4.17. The fourth-order valence-electron chi connectivity index (χ4n) is 1.91. The Morgan fingerprint density at radius 3 is 2.17 bits per heavy atom. The van der Waals surface area contributed by atoms with Gasteiger partial charge >= 0.3 is 6.18 Å². The molecule has 0 aromatic heterocycles. The summed E-state index contributed by atoms with van der Waals surface area (Å²) in [4.78, 5) is 0. The Morgan fingerprint density at radius 2 is 1.61 bits per heavy atom. The smallest absolute Gasteiger partial charge is 0.418 e. The second-order valence-electron chi connectivity index (χ2n) is 4.56. The maximum Gasteiger partial charge on any atom is 0.418 e. The number of halogens is 3. The van der Waals surface area contributed by atoms with E-state index in [0.29, 0.717) is 17.1 Å². The highest BCUT2D eigenvalue weighted by atomic mass is 19.4. The van der Waals surface area contributed by atoms with Gasteiger partial charge in [-0.15, -0.1) is 0 Å². The molecular formula is C16H15F3N2O2. The summed E-state index contributed by atoms with van der Waals surface area (Å²) in [6, 6.07) is 10.2. The summed E-state index contributed by atoms with van der Waals surface area (Å²) in [5.41, 5.74) is 2.14. The molecule has 0 aliphatic rings. The van der Waals surface area contributed by atoms with Crippen molar-refractivity contribution >= 4 is 11.9 Å². The molecule has 23 heavy (non-hydrogen) atoms. The molecule has 0 fully saturated rings. The third-order valence-electron chi connectivity index (χ3n) is 3.00. The van der Waals surface area contributed by atoms with Crippen molar-refractivity contribution in [3.8, 4) is 11.5 Å². The van der Waals surface area contributed by atoms with Crippen molar-refractivity contribution < 1.29 is 22.6 Å². The van der Waals surface area contributed by atoms with Gasteiger partial charge in [-0.3, -0.25) is 5.43 Å². The van der Waals surface area contributed by atoms with Gasteiger partial charge in [-0.05, 0) is 24.3 Å². The SMILES string of the molecule is COc1cc(C=NNc2ccccc2C(F)(F)F)cc(OC)c1. The van der Waals surface area contributed by atoms with Crippen LogP contribution in [0.4, 0.5) is 18.9 Å². The van der Waals surface area contributed by atoms with Crippen LogP contribution in [0.2, 0.25) is 0 Å². The largest absolute Gasteiger partial charge is 0.497 e. The average molecular weight is 324 g/mol. The summed E-state index contributed by atoms with van der Waals surface area (Å²) < 4.78 is 48.8. The maximum absolute atomic E-state index is 12.9. The van der Waals surface area contributed by atoms with Gasteiger partial charge in [0.15, 0.2) is 0 Å². The zero-order valence-electron chi connectivity index (χ0n) is 12.5. The Labute approximate surface area is 131 Å². The lowest BCUT2D eigenvalue weighted by Gasteiger charge is -2.11. The minimum Gasteiger partial charge on any atom is -0.497 e. The summed E-state index contributed by atoms with van der Waals surface area (Å²) in [5.74, 6) is 1.11. The first-order valence-electron chi connectivity index (χ1n) is 6.62. The molecule has 0 spiro atoms. The number of hydrazone groups is 1. The third-order valence-corrected chi connectivity index (χ3v) is 3.00. The van der Waals surface area contributed by atoms with E-state index in [-0.39, 0.29) is 5.69 Å². The highest BCUT2D eigenvalue weighted by Gasteiger charge is 2.33. The molecule has 0 saturated heterocycles. The van der Waals surface area contributed by atoms with E-state index in [1.54, 1.807) is 18.2 Å². The topological polar surface area (TPSA) is 42.8 Å². The van der Waals surface area contributed by atoms with Crippen LogP contribution in [0.15, 0.2) is 47.6 Å². The van der Waals surface area contributed by atoms with Crippen molar-refractivity contribution in [2.75, 3.05) is 19.6 Å². The summed E-state index contributed by atoms with van der Waals surface area (Å²) in [7, 11) is 3.01. The van der Waals surface area contributed by atoms with Crippen molar-refractivity contribution in [1.82, 2.24) is 0 Å². The van der Waals surface area contributed by atoms with E-state index < -0.39 is 11.7 Å². The van der Waals surface area contributed by atoms with E-state index in [0.717, 1.165) is 6.07 Å². The lowest BCUT2D eigenvalue weighted by Crippen LogP contribution is -2.08. The van der Waals surface area contributed by atoms with Crippen LogP contribution in [0.5, 0.6) is 11.5 Å². The molecule has 0 amide bonds. The lowest BCUT2D eigenvalue weighted by atomic mass is 10.2. The molecule has 2 aromatic carbocycles. The molecule has 2 rings (SSSR count). The van der Waals surface area contributed by atoms with Crippen LogP contribution in [0.25, 0.3) is 0 Å². The average Bonchev–Trinajstić information content (AvgIpc) is 2.54. The molecule has 0 saturated carbocycles. The fourth-order valence-corrected chi connectivity index (χ4v) is 1.91. The number of ether oxygens (including phenoxy) is 2. The third kappa shape index (κ3) is 4.38. The minimum atomic E-state index is -4.45. The first kappa shape index (κ1) is 16.7. The number of nitrogens with one attached hydrogen (secondary N) is 1. The second kappa shape index (κ2) is 7.04. The normalized spacial score (nSPS) is 11.5. The summed E-state index contributed by atoms with van der Waals surface area (Å²) in [5, 5.41) is 3.85. The van der Waals surface area contributed by atoms with Gasteiger partial charge in [0.2, 0.25) is 0 Å². The number of methoxy groups -OCH3 is 2. The zero-order valence-corrected chi connectivity index (χ0v) is 12.5. The molecule has 0 bridgehead atoms. The van der Waals surface area contributed by atoms with E-state index in [2.05, 4.69) is 10.5 Å². The first-order chi connectivity index (χ1) is 10.9. The molecule has 0 radical (unpaired) electrons. The van der Waals surface area contributed by atoms with E-state index in [1.165, 1.54) is 38.6 Å². The number of para-hydroxylation sites is 1. The Morgan fingerprint density at radius 1 is 1.00 bits per heavy atom. The standard InChI is InChI=1S/C16H15F3N2O2/c1-22-12-7-11(8-13(9-12)23-2)10-20-21-15-6-4-3-5-14(15)16(17,18)19/h3-10,21H,1-2H3. The second-order valence-corrected chi connectivity index (χ2v) is 4.56. The van der Waals surface area contributed by atoms with Crippen LogP contribution in [0.3, 0.4) is 0 Å². The van der Waals surface area contributed by atoms with Gasteiger partial charge in [0.1, 0.15) is 11.5 Å². The highest BCUT2D eigenvalue weighted by Crippen LogP contribution is 2.34. The summed E-state index contributed by atoms with van der Waals surface area (Å²) in [6.45, 7) is 0. The molecular weight excluding hydrogens is 309 g/mol. The molecule has 0 aliphatic carbocycles. The van der Waals surface area contributed by atoms with Crippen LogP contribution in [-0.4, -0.2) is 20.4 Å². The molecule has 2 aromatic rings. The van der Waals surface area contributed by atoms with Crippen molar-refractivity contribution in [3.63, 3.8) is 0 Å². The monoisotopic (exact) mass is 324 g/mol. The van der Waals surface area contributed by atoms with Crippen molar-refractivity contribution in [1.29, 1.82) is 0 Å². The van der Waals surface area contributed by atoms with Crippen LogP contribution < -0.4 is 14.9 Å². The fraction of sp³-hybridized carbons (Fsp3) is 0.188. The van der Waals surface area contributed by atoms with Gasteiger partial charge in [-0.1, -0.05) is 12.1 Å². The van der Waals surface area contributed by atoms with Gasteiger partial charge in [0, 0.05) is 11.6 Å². The Balaban J connectivity index is 2.20. The number of benzene rings is 2. The molecule has 0 heterocycles. The number of hydrogen-bond acceptors (Lipinski definition) is 4. The van der Waals surface area contributed by atoms with Crippen molar-refractivity contribution in [2.24, 2.45) is 5.10 Å². The molecule has 7 heteroatoms. The number of alkyl halides is 3. The molecule has 0 unspecified atom stereocenters. The van der Waals surface area contributed by atoms with Crippen LogP contribution in [0, 0.1) is 0 Å². The van der Waals surface area contributed by atoms with E-state index in [9.17, 15) is 13.2 Å². The van der Waals surface area contributed by atoms with E-state index in [4.69, 9.17) is 9.47 Å². The lowest BCUT2D eigenvalue weighted by molar-refractivity contribution is -0.136. The van der Waals surface area contributed by atoms with Gasteiger partial charge in [-0.25, -0.2) is 0 Å². The molecule has 0 atom stereocenters. The van der Waals surface area contributed by atoms with Gasteiger partial charge in [0.05, 0.1) is 31.7 Å². The number of hydrogen-bond donors (Lipinski definition) is 1. The summed E-state index contributed by atoms with van der Waals surface area (Å²) >= 11 is 0. The number of anilines is 1. The zero-order chi connectivity index (χ0) is 16.9. The quantitative estimate of drug-likeness (QED) is 0.663. The van der Waals surface area contributed by atoms with Crippen LogP contribution in [-0.2, 0) is 6.18 Å². The van der Waals surface area contributed by atoms with Crippen LogP contribution >= 0.6 is 0 Å². The minimum absolute atomic E-state index is 0.119. The van der Waals surface area contributed by atoms with Crippen molar-refractivity contribution in [2.45, 2.75) is 6.18 Å². The van der Waals surface area contributed by atoms with Gasteiger partial charge in [0.25, 0.3) is 0 Å². The number of rotatable bonds is 5. The molecule has 0 aliphatic heterocycles. The number of nitrogens with zero attached hydrogens (tertiary/aromatic N) is 1. The van der Waals surface area contributed by atoms with Gasteiger partial charge < -0.3 is 9.47 Å². The Hall–Kier alpha value is -2.70. The molecule has 1 N–H and O–H groups in total. The molecule has 4 nitrogen and oxygen atoms in total. The molecule has 122 valence electrons. The Bertz CT molecular complexity index is 678. The van der Waals surface area contributed by atoms with Crippen molar-refractivity contribution in [3.05, 3.63) is 53.6 Å². The first-order valence-corrected chi connectivity index (χ1v) is 6.62. The summed E-state index contributed by atoms with van der Waals surface area (Å²) in [6.07, 6.45) is -3.06. The maximum atomic E-state index is 12.9. The van der Waals surface area contributed by atoms with E-state index >= 15 is 0 Å². The van der Waals surface area contributed by atoms with E-state index in [1.807, 2.05) is 0 Å². The van der Waals surface area contributed by atoms with Crippen LogP contribution in [0.1, 0.15) is 11.1 Å². The predicted molar refractivity (Wildman–Crippen MR) is 82.2 cm³/mol.